The van der Waals surface area contributed by atoms with E-state index in [1.807, 2.05) is 73.7 Å². The topological polar surface area (TPSA) is 84.9 Å². The van der Waals surface area contributed by atoms with Gasteiger partial charge in [-0.2, -0.15) is 0 Å². The molecule has 0 aliphatic heterocycles. The average molecular weight is 490 g/mol. The molecule has 0 saturated carbocycles. The van der Waals surface area contributed by atoms with Crippen molar-refractivity contribution in [3.63, 3.8) is 0 Å². The summed E-state index contributed by atoms with van der Waals surface area (Å²) < 4.78 is 11.4. The molecule has 1 amide bonds. The van der Waals surface area contributed by atoms with Gasteiger partial charge in [-0.05, 0) is 72.7 Å². The number of rotatable bonds is 13. The maximum atomic E-state index is 13.5. The highest BCUT2D eigenvalue weighted by molar-refractivity contribution is 5.96. The summed E-state index contributed by atoms with van der Waals surface area (Å²) in [6.07, 6.45) is 0.991. The Morgan fingerprint density at radius 2 is 1.61 bits per heavy atom. The third-order valence-electron chi connectivity index (χ3n) is 5.78. The van der Waals surface area contributed by atoms with Crippen LogP contribution in [0.4, 0.5) is 0 Å². The molecular weight excluding hydrogens is 454 g/mol. The summed E-state index contributed by atoms with van der Waals surface area (Å²) in [6, 6.07) is 22.6. The van der Waals surface area contributed by atoms with Gasteiger partial charge in [0.1, 0.15) is 18.1 Å². The Labute approximate surface area is 213 Å². The van der Waals surface area contributed by atoms with Crippen LogP contribution in [0, 0.1) is 5.92 Å². The third kappa shape index (κ3) is 8.15. The first-order valence-corrected chi connectivity index (χ1v) is 12.4. The van der Waals surface area contributed by atoms with E-state index in [1.165, 1.54) is 0 Å². The van der Waals surface area contributed by atoms with Crippen LogP contribution in [-0.4, -0.2) is 23.6 Å². The minimum absolute atomic E-state index is 0.0472. The second kappa shape index (κ2) is 13.3. The fourth-order valence-corrected chi connectivity index (χ4v) is 4.02. The number of hydrogen-bond acceptors (Lipinski definition) is 4. The molecule has 0 heterocycles. The molecule has 190 valence electrons. The van der Waals surface area contributed by atoms with Gasteiger partial charge in [0.15, 0.2) is 0 Å². The van der Waals surface area contributed by atoms with Gasteiger partial charge in [-0.3, -0.25) is 9.59 Å². The number of benzene rings is 3. The zero-order valence-corrected chi connectivity index (χ0v) is 21.2. The second-order valence-corrected chi connectivity index (χ2v) is 9.14. The molecule has 0 fully saturated rings. The lowest BCUT2D eigenvalue weighted by molar-refractivity contribution is -0.136. The average Bonchev–Trinajstić information content (AvgIpc) is 2.87. The molecule has 1 atom stereocenters. The fraction of sp³-hybridized carbons (Fsp3) is 0.333. The summed E-state index contributed by atoms with van der Waals surface area (Å²) in [5.41, 5.74) is 3.01. The Hall–Kier alpha value is -3.80. The quantitative estimate of drug-likeness (QED) is 0.299. The van der Waals surface area contributed by atoms with Crippen molar-refractivity contribution in [1.29, 1.82) is 0 Å². The van der Waals surface area contributed by atoms with Gasteiger partial charge in [0.05, 0.1) is 12.6 Å². The molecule has 0 bridgehead atoms. The molecule has 3 aromatic rings. The van der Waals surface area contributed by atoms with Gasteiger partial charge in [0.2, 0.25) is 0 Å². The van der Waals surface area contributed by atoms with E-state index in [-0.39, 0.29) is 24.8 Å². The predicted octanol–water partition coefficient (Wildman–Crippen LogP) is 6.20. The van der Waals surface area contributed by atoms with E-state index in [0.29, 0.717) is 30.3 Å². The predicted molar refractivity (Wildman–Crippen MR) is 140 cm³/mol. The van der Waals surface area contributed by atoms with Crippen molar-refractivity contribution in [1.82, 2.24) is 5.32 Å². The van der Waals surface area contributed by atoms with Crippen molar-refractivity contribution in [3.8, 4) is 11.5 Å². The maximum Gasteiger partial charge on any atom is 0.303 e. The number of para-hydroxylation sites is 1. The van der Waals surface area contributed by atoms with Gasteiger partial charge in [-0.25, -0.2) is 0 Å². The van der Waals surface area contributed by atoms with Crippen LogP contribution in [0.15, 0.2) is 72.8 Å². The van der Waals surface area contributed by atoms with E-state index >= 15 is 0 Å². The van der Waals surface area contributed by atoms with Crippen LogP contribution in [0.5, 0.6) is 11.5 Å². The zero-order chi connectivity index (χ0) is 25.9. The van der Waals surface area contributed by atoms with Crippen molar-refractivity contribution in [2.75, 3.05) is 6.61 Å². The van der Waals surface area contributed by atoms with Crippen LogP contribution in [0.1, 0.15) is 66.7 Å². The van der Waals surface area contributed by atoms with Crippen LogP contribution >= 0.6 is 0 Å². The van der Waals surface area contributed by atoms with Crippen molar-refractivity contribution in [2.24, 2.45) is 5.92 Å². The second-order valence-electron chi connectivity index (χ2n) is 9.14. The van der Waals surface area contributed by atoms with Gasteiger partial charge in [-0.15, -0.1) is 0 Å². The number of nitrogens with one attached hydrogen (secondary N) is 1. The zero-order valence-electron chi connectivity index (χ0n) is 21.2. The summed E-state index contributed by atoms with van der Waals surface area (Å²) in [6.45, 7) is 7.07. The van der Waals surface area contributed by atoms with E-state index in [2.05, 4.69) is 19.2 Å². The number of carbonyl (C=O) groups is 2. The van der Waals surface area contributed by atoms with E-state index in [0.717, 1.165) is 29.0 Å². The van der Waals surface area contributed by atoms with E-state index in [1.54, 1.807) is 6.07 Å². The third-order valence-corrected chi connectivity index (χ3v) is 5.78. The molecule has 3 aromatic carbocycles. The molecule has 36 heavy (non-hydrogen) atoms. The minimum atomic E-state index is -0.898. The summed E-state index contributed by atoms with van der Waals surface area (Å²) in [7, 11) is 0. The Balaban J connectivity index is 1.84. The first-order valence-electron chi connectivity index (χ1n) is 12.4. The van der Waals surface area contributed by atoms with E-state index in [4.69, 9.17) is 9.47 Å². The molecule has 0 aliphatic carbocycles. The highest BCUT2D eigenvalue weighted by atomic mass is 16.5. The molecule has 0 aliphatic rings. The van der Waals surface area contributed by atoms with Gasteiger partial charge in [0, 0.05) is 12.0 Å². The van der Waals surface area contributed by atoms with Gasteiger partial charge >= 0.3 is 5.97 Å². The molecule has 6 heteroatoms. The lowest BCUT2D eigenvalue weighted by atomic mass is 9.95. The maximum absolute atomic E-state index is 13.5. The van der Waals surface area contributed by atoms with Crippen LogP contribution in [-0.2, 0) is 17.8 Å². The monoisotopic (exact) mass is 489 g/mol. The standard InChI is InChI=1S/C30H35NO5/c1-4-35-26-15-12-24(13-16-26)28(18-21(2)3)31-30(34)27-19-22(10-11-23(27)14-17-29(32)33)20-36-25-8-6-5-7-9-25/h5-13,15-16,19,21,28H,4,14,17-18,20H2,1-3H3,(H,31,34)(H,32,33). The highest BCUT2D eigenvalue weighted by Gasteiger charge is 2.20. The molecular formula is C30H35NO5. The highest BCUT2D eigenvalue weighted by Crippen LogP contribution is 2.25. The molecule has 2 N–H and O–H groups in total. The van der Waals surface area contributed by atoms with Crippen molar-refractivity contribution in [2.45, 2.75) is 52.7 Å². The number of aryl methyl sites for hydroxylation is 1. The number of amides is 1. The Bertz CT molecular complexity index is 1130. The largest absolute Gasteiger partial charge is 0.494 e. The van der Waals surface area contributed by atoms with Crippen LogP contribution in [0.3, 0.4) is 0 Å². The molecule has 3 rings (SSSR count). The van der Waals surface area contributed by atoms with E-state index < -0.39 is 5.97 Å². The summed E-state index contributed by atoms with van der Waals surface area (Å²) in [5, 5.41) is 12.4. The van der Waals surface area contributed by atoms with Crippen LogP contribution < -0.4 is 14.8 Å². The molecule has 0 spiro atoms. The van der Waals surface area contributed by atoms with Crippen molar-refractivity contribution in [3.05, 3.63) is 95.1 Å². The Morgan fingerprint density at radius 1 is 0.917 bits per heavy atom. The number of ether oxygens (including phenoxy) is 2. The Morgan fingerprint density at radius 3 is 2.25 bits per heavy atom. The first-order chi connectivity index (χ1) is 17.4. The first kappa shape index (κ1) is 26.8. The SMILES string of the molecule is CCOc1ccc(C(CC(C)C)NC(=O)c2cc(COc3ccccc3)ccc2CCC(=O)O)cc1. The molecule has 0 aromatic heterocycles. The lowest BCUT2D eigenvalue weighted by Crippen LogP contribution is -2.30. The number of aliphatic carboxylic acids is 1. The van der Waals surface area contributed by atoms with Crippen molar-refractivity contribution >= 4 is 11.9 Å². The van der Waals surface area contributed by atoms with Crippen LogP contribution in [0.2, 0.25) is 0 Å². The molecule has 0 saturated heterocycles. The lowest BCUT2D eigenvalue weighted by Gasteiger charge is -2.22. The summed E-state index contributed by atoms with van der Waals surface area (Å²) in [5.74, 6) is 0.768. The number of carbonyl (C=O) groups excluding carboxylic acids is 1. The molecule has 6 nitrogen and oxygen atoms in total. The number of hydrogen-bond donors (Lipinski definition) is 2. The normalized spacial score (nSPS) is 11.7. The molecule has 1 unspecified atom stereocenters. The number of carboxylic acid groups (broad SMARTS) is 1. The van der Waals surface area contributed by atoms with Gasteiger partial charge in [0.25, 0.3) is 5.91 Å². The summed E-state index contributed by atoms with van der Waals surface area (Å²) >= 11 is 0. The molecule has 0 radical (unpaired) electrons. The van der Waals surface area contributed by atoms with Gasteiger partial charge in [-0.1, -0.05) is 56.3 Å². The van der Waals surface area contributed by atoms with Crippen molar-refractivity contribution < 1.29 is 24.2 Å². The fourth-order valence-electron chi connectivity index (χ4n) is 4.02. The number of carboxylic acids is 1. The minimum Gasteiger partial charge on any atom is -0.494 e. The summed E-state index contributed by atoms with van der Waals surface area (Å²) in [4.78, 5) is 24.8. The smallest absolute Gasteiger partial charge is 0.303 e. The van der Waals surface area contributed by atoms with E-state index in [9.17, 15) is 14.7 Å². The van der Waals surface area contributed by atoms with Crippen LogP contribution in [0.25, 0.3) is 0 Å². The van der Waals surface area contributed by atoms with Gasteiger partial charge < -0.3 is 19.9 Å². The Kier molecular flexibility index (Phi) is 9.92.